The predicted octanol–water partition coefficient (Wildman–Crippen LogP) is 1.25. The van der Waals surface area contributed by atoms with Crippen molar-refractivity contribution in [1.29, 1.82) is 0 Å². The molecule has 0 aromatic rings. The molecule has 1 fully saturated rings. The molecule has 1 saturated heterocycles. The fourth-order valence-electron chi connectivity index (χ4n) is 2.18. The maximum absolute atomic E-state index is 12.0. The topological polar surface area (TPSA) is 63.7 Å². The number of carbonyl (C=O) groups is 1. The molecule has 1 aliphatic rings. The van der Waals surface area contributed by atoms with E-state index < -0.39 is 10.0 Å². The van der Waals surface area contributed by atoms with Crippen LogP contribution in [0, 0.1) is 11.8 Å². The lowest BCUT2D eigenvalue weighted by Crippen LogP contribution is -2.31. The molecule has 18 heavy (non-hydrogen) atoms. The molecule has 0 spiro atoms. The summed E-state index contributed by atoms with van der Waals surface area (Å²) >= 11 is 0. The van der Waals surface area contributed by atoms with Crippen LogP contribution >= 0.6 is 0 Å². The van der Waals surface area contributed by atoms with Gasteiger partial charge in [0.2, 0.25) is 10.0 Å². The van der Waals surface area contributed by atoms with Gasteiger partial charge in [-0.25, -0.2) is 12.7 Å². The largest absolute Gasteiger partial charge is 0.469 e. The van der Waals surface area contributed by atoms with Gasteiger partial charge in [0.15, 0.2) is 0 Å². The van der Waals surface area contributed by atoms with E-state index in [0.717, 1.165) is 6.42 Å². The highest BCUT2D eigenvalue weighted by Crippen LogP contribution is 2.26. The van der Waals surface area contributed by atoms with Gasteiger partial charge >= 0.3 is 5.97 Å². The molecule has 1 atom stereocenters. The van der Waals surface area contributed by atoms with Crippen molar-refractivity contribution >= 4 is 16.0 Å². The molecule has 0 aliphatic carbocycles. The standard InChI is InChI=1S/C12H23NO4S/c1-10(2)11-6-7-13(9-11)18(15,16)8-4-5-12(14)17-3/h10-11H,4-9H2,1-3H3. The zero-order valence-corrected chi connectivity index (χ0v) is 12.2. The molecule has 1 heterocycles. The number of ether oxygens (including phenoxy) is 1. The number of sulfonamides is 1. The van der Waals surface area contributed by atoms with E-state index in [1.807, 2.05) is 0 Å². The van der Waals surface area contributed by atoms with E-state index in [0.29, 0.717) is 31.3 Å². The van der Waals surface area contributed by atoms with E-state index >= 15 is 0 Å². The Bertz CT molecular complexity index is 378. The summed E-state index contributed by atoms with van der Waals surface area (Å²) in [6.07, 6.45) is 1.43. The van der Waals surface area contributed by atoms with Gasteiger partial charge in [-0.1, -0.05) is 13.8 Å². The maximum atomic E-state index is 12.0. The summed E-state index contributed by atoms with van der Waals surface area (Å²) in [4.78, 5) is 10.9. The first-order valence-corrected chi connectivity index (χ1v) is 8.02. The molecule has 1 unspecified atom stereocenters. The second-order valence-corrected chi connectivity index (χ2v) is 7.23. The van der Waals surface area contributed by atoms with Crippen molar-refractivity contribution in [1.82, 2.24) is 4.31 Å². The Balaban J connectivity index is 2.43. The minimum Gasteiger partial charge on any atom is -0.469 e. The second kappa shape index (κ2) is 6.52. The zero-order chi connectivity index (χ0) is 13.8. The molecule has 0 saturated carbocycles. The van der Waals surface area contributed by atoms with E-state index in [4.69, 9.17) is 0 Å². The summed E-state index contributed by atoms with van der Waals surface area (Å²) < 4.78 is 30.1. The fraction of sp³-hybridized carbons (Fsp3) is 0.917. The molecular weight excluding hydrogens is 254 g/mol. The van der Waals surface area contributed by atoms with Gasteiger partial charge in [0.25, 0.3) is 0 Å². The van der Waals surface area contributed by atoms with Crippen LogP contribution in [0.2, 0.25) is 0 Å². The number of rotatable bonds is 6. The van der Waals surface area contributed by atoms with Gasteiger partial charge in [0.1, 0.15) is 0 Å². The van der Waals surface area contributed by atoms with E-state index in [1.165, 1.54) is 7.11 Å². The Morgan fingerprint density at radius 2 is 2.11 bits per heavy atom. The Hall–Kier alpha value is -0.620. The van der Waals surface area contributed by atoms with Crippen molar-refractivity contribution in [3.63, 3.8) is 0 Å². The van der Waals surface area contributed by atoms with Crippen molar-refractivity contribution in [3.8, 4) is 0 Å². The molecule has 106 valence electrons. The average Bonchev–Trinajstić information content (AvgIpc) is 2.78. The fourth-order valence-corrected chi connectivity index (χ4v) is 3.75. The first-order chi connectivity index (χ1) is 8.36. The van der Waals surface area contributed by atoms with Crippen LogP contribution in [0.25, 0.3) is 0 Å². The van der Waals surface area contributed by atoms with Crippen molar-refractivity contribution in [2.75, 3.05) is 26.0 Å². The molecular formula is C12H23NO4S. The van der Waals surface area contributed by atoms with E-state index in [2.05, 4.69) is 18.6 Å². The SMILES string of the molecule is COC(=O)CCCS(=O)(=O)N1CCC(C(C)C)C1. The Morgan fingerprint density at radius 3 is 2.61 bits per heavy atom. The highest BCUT2D eigenvalue weighted by molar-refractivity contribution is 7.89. The van der Waals surface area contributed by atoms with Crippen molar-refractivity contribution in [2.24, 2.45) is 11.8 Å². The molecule has 1 aliphatic heterocycles. The van der Waals surface area contributed by atoms with Crippen molar-refractivity contribution in [3.05, 3.63) is 0 Å². The normalized spacial score (nSPS) is 21.4. The molecule has 0 bridgehead atoms. The quantitative estimate of drug-likeness (QED) is 0.685. The Morgan fingerprint density at radius 1 is 1.44 bits per heavy atom. The lowest BCUT2D eigenvalue weighted by molar-refractivity contribution is -0.140. The summed E-state index contributed by atoms with van der Waals surface area (Å²) in [6, 6.07) is 0. The van der Waals surface area contributed by atoms with Crippen LogP contribution in [-0.4, -0.2) is 44.6 Å². The van der Waals surface area contributed by atoms with Gasteiger partial charge in [-0.3, -0.25) is 4.79 Å². The summed E-state index contributed by atoms with van der Waals surface area (Å²) in [5.74, 6) is 0.653. The first kappa shape index (κ1) is 15.4. The molecule has 1 rings (SSSR count). The third-order valence-corrected chi connectivity index (χ3v) is 5.46. The van der Waals surface area contributed by atoms with Crippen LogP contribution in [0.1, 0.15) is 33.1 Å². The average molecular weight is 277 g/mol. The van der Waals surface area contributed by atoms with Crippen molar-refractivity contribution in [2.45, 2.75) is 33.1 Å². The smallest absolute Gasteiger partial charge is 0.305 e. The van der Waals surface area contributed by atoms with E-state index in [1.54, 1.807) is 4.31 Å². The molecule has 0 aromatic carbocycles. The minimum atomic E-state index is -3.20. The summed E-state index contributed by atoms with van der Waals surface area (Å²) in [7, 11) is -1.89. The monoisotopic (exact) mass is 277 g/mol. The van der Waals surface area contributed by atoms with Crippen molar-refractivity contribution < 1.29 is 17.9 Å². The van der Waals surface area contributed by atoms with Gasteiger partial charge < -0.3 is 4.74 Å². The highest BCUT2D eigenvalue weighted by Gasteiger charge is 2.32. The predicted molar refractivity (Wildman–Crippen MR) is 69.6 cm³/mol. The molecule has 6 heteroatoms. The van der Waals surface area contributed by atoms with Gasteiger partial charge in [0, 0.05) is 19.5 Å². The van der Waals surface area contributed by atoms with Crippen LogP contribution in [0.4, 0.5) is 0 Å². The molecule has 0 amide bonds. The van der Waals surface area contributed by atoms with Crippen LogP contribution < -0.4 is 0 Å². The molecule has 0 N–H and O–H groups in total. The highest BCUT2D eigenvalue weighted by atomic mass is 32.2. The molecule has 0 radical (unpaired) electrons. The third-order valence-electron chi connectivity index (χ3n) is 3.53. The number of esters is 1. The summed E-state index contributed by atoms with van der Waals surface area (Å²) in [6.45, 7) is 5.48. The molecule has 0 aromatic heterocycles. The van der Waals surface area contributed by atoms with E-state index in [-0.39, 0.29) is 18.1 Å². The van der Waals surface area contributed by atoms with Gasteiger partial charge in [-0.05, 0) is 24.7 Å². The number of hydrogen-bond acceptors (Lipinski definition) is 4. The minimum absolute atomic E-state index is 0.0346. The van der Waals surface area contributed by atoms with Crippen LogP contribution in [-0.2, 0) is 19.6 Å². The number of hydrogen-bond donors (Lipinski definition) is 0. The maximum Gasteiger partial charge on any atom is 0.305 e. The molecule has 5 nitrogen and oxygen atoms in total. The Kier molecular flexibility index (Phi) is 5.59. The van der Waals surface area contributed by atoms with Crippen LogP contribution in [0.5, 0.6) is 0 Å². The van der Waals surface area contributed by atoms with Gasteiger partial charge in [-0.2, -0.15) is 0 Å². The Labute approximate surface area is 110 Å². The lowest BCUT2D eigenvalue weighted by atomic mass is 9.96. The number of nitrogens with zero attached hydrogens (tertiary/aromatic N) is 1. The second-order valence-electron chi connectivity index (χ2n) is 5.15. The zero-order valence-electron chi connectivity index (χ0n) is 11.4. The number of methoxy groups -OCH3 is 1. The van der Waals surface area contributed by atoms with Gasteiger partial charge in [-0.15, -0.1) is 0 Å². The summed E-state index contributed by atoms with van der Waals surface area (Å²) in [5, 5.41) is 0. The van der Waals surface area contributed by atoms with Gasteiger partial charge in [0.05, 0.1) is 12.9 Å². The van der Waals surface area contributed by atoms with Crippen LogP contribution in [0.15, 0.2) is 0 Å². The summed E-state index contributed by atoms with van der Waals surface area (Å²) in [5.41, 5.74) is 0. The first-order valence-electron chi connectivity index (χ1n) is 6.41. The van der Waals surface area contributed by atoms with E-state index in [9.17, 15) is 13.2 Å². The lowest BCUT2D eigenvalue weighted by Gasteiger charge is -2.17. The third kappa shape index (κ3) is 4.24. The number of carbonyl (C=O) groups excluding carboxylic acids is 1. The van der Waals surface area contributed by atoms with Crippen LogP contribution in [0.3, 0.4) is 0 Å².